The summed E-state index contributed by atoms with van der Waals surface area (Å²) in [4.78, 5) is 0. The van der Waals surface area contributed by atoms with E-state index in [-0.39, 0.29) is 12.1 Å². The average molecular weight is 258 g/mol. The monoisotopic (exact) mass is 257 g/mol. The minimum absolute atomic E-state index is 0.0209. The normalized spacial score (nSPS) is 14.4. The molecule has 0 aliphatic heterocycles. The minimum atomic E-state index is -0.0209. The highest BCUT2D eigenvalue weighted by molar-refractivity contribution is 6.32. The van der Waals surface area contributed by atoms with Gasteiger partial charge in [0.2, 0.25) is 0 Å². The van der Waals surface area contributed by atoms with E-state index < -0.39 is 0 Å². The summed E-state index contributed by atoms with van der Waals surface area (Å²) in [6.07, 6.45) is 0.913. The van der Waals surface area contributed by atoms with Gasteiger partial charge in [0, 0.05) is 26.2 Å². The molecule has 0 aliphatic carbocycles. The van der Waals surface area contributed by atoms with Crippen LogP contribution in [0.2, 0.25) is 5.02 Å². The van der Waals surface area contributed by atoms with Crippen LogP contribution in [0.25, 0.3) is 0 Å². The van der Waals surface area contributed by atoms with Gasteiger partial charge in [0.05, 0.1) is 11.1 Å². The maximum absolute atomic E-state index is 6.14. The van der Waals surface area contributed by atoms with Crippen LogP contribution in [0.15, 0.2) is 18.2 Å². The molecular weight excluding hydrogens is 238 g/mol. The predicted octanol–water partition coefficient (Wildman–Crippen LogP) is 3.16. The van der Waals surface area contributed by atoms with Crippen molar-refractivity contribution in [3.05, 3.63) is 28.8 Å². The third-order valence-corrected chi connectivity index (χ3v) is 2.83. The molecule has 1 aromatic carbocycles. The van der Waals surface area contributed by atoms with Crippen molar-refractivity contribution in [3.63, 3.8) is 0 Å². The zero-order chi connectivity index (χ0) is 12.8. The molecule has 1 aromatic rings. The van der Waals surface area contributed by atoms with E-state index in [1.165, 1.54) is 0 Å². The molecule has 0 bridgehead atoms. The van der Waals surface area contributed by atoms with E-state index in [2.05, 4.69) is 0 Å². The molecule has 0 fully saturated rings. The van der Waals surface area contributed by atoms with Gasteiger partial charge >= 0.3 is 0 Å². The van der Waals surface area contributed by atoms with Crippen molar-refractivity contribution < 1.29 is 9.47 Å². The van der Waals surface area contributed by atoms with Gasteiger partial charge in [0.25, 0.3) is 0 Å². The molecule has 2 atom stereocenters. The number of hydrogen-bond donors (Lipinski definition) is 1. The van der Waals surface area contributed by atoms with Crippen molar-refractivity contribution in [1.29, 1.82) is 0 Å². The lowest BCUT2D eigenvalue weighted by molar-refractivity contribution is 0.135. The first-order valence-corrected chi connectivity index (χ1v) is 6.13. The van der Waals surface area contributed by atoms with Crippen LogP contribution < -0.4 is 10.5 Å². The highest BCUT2D eigenvalue weighted by atomic mass is 35.5. The first kappa shape index (κ1) is 14.3. The van der Waals surface area contributed by atoms with E-state index >= 15 is 0 Å². The Morgan fingerprint density at radius 3 is 2.59 bits per heavy atom. The smallest absolute Gasteiger partial charge is 0.138 e. The van der Waals surface area contributed by atoms with Crippen molar-refractivity contribution in [2.75, 3.05) is 13.7 Å². The molecule has 0 saturated carbocycles. The average Bonchev–Trinajstić information content (AvgIpc) is 2.28. The molecule has 4 heteroatoms. The Kier molecular flexibility index (Phi) is 5.75. The molecule has 0 heterocycles. The molecular formula is C13H20ClNO2. The molecule has 0 aliphatic rings. The largest absolute Gasteiger partial charge is 0.489 e. The van der Waals surface area contributed by atoms with Gasteiger partial charge in [-0.2, -0.15) is 0 Å². The highest BCUT2D eigenvalue weighted by Gasteiger charge is 2.09. The maximum atomic E-state index is 6.14. The molecule has 0 spiro atoms. The predicted molar refractivity (Wildman–Crippen MR) is 70.6 cm³/mol. The van der Waals surface area contributed by atoms with Crippen LogP contribution in [0.5, 0.6) is 5.75 Å². The fourth-order valence-corrected chi connectivity index (χ4v) is 1.69. The van der Waals surface area contributed by atoms with Gasteiger partial charge in [-0.25, -0.2) is 0 Å². The van der Waals surface area contributed by atoms with Gasteiger partial charge in [0.1, 0.15) is 5.75 Å². The fourth-order valence-electron chi connectivity index (χ4n) is 1.46. The number of rotatable bonds is 6. The van der Waals surface area contributed by atoms with Crippen LogP contribution in [0.3, 0.4) is 0 Å². The quantitative estimate of drug-likeness (QED) is 0.851. The first-order chi connectivity index (χ1) is 8.04. The molecule has 1 unspecified atom stereocenters. The molecule has 0 radical (unpaired) electrons. The Bertz CT molecular complexity index is 355. The van der Waals surface area contributed by atoms with Crippen molar-refractivity contribution in [1.82, 2.24) is 0 Å². The number of benzene rings is 1. The van der Waals surface area contributed by atoms with Crippen molar-refractivity contribution in [2.45, 2.75) is 32.4 Å². The van der Waals surface area contributed by atoms with Gasteiger partial charge in [-0.1, -0.05) is 17.7 Å². The van der Waals surface area contributed by atoms with Crippen LogP contribution in [0.4, 0.5) is 0 Å². The van der Waals surface area contributed by atoms with Gasteiger partial charge in [-0.3, -0.25) is 0 Å². The van der Waals surface area contributed by atoms with E-state index in [0.717, 1.165) is 12.0 Å². The van der Waals surface area contributed by atoms with E-state index in [1.54, 1.807) is 7.11 Å². The fraction of sp³-hybridized carbons (Fsp3) is 0.538. The van der Waals surface area contributed by atoms with E-state index in [0.29, 0.717) is 17.4 Å². The molecule has 0 saturated heterocycles. The molecule has 3 nitrogen and oxygen atoms in total. The summed E-state index contributed by atoms with van der Waals surface area (Å²) in [5.74, 6) is 0.694. The Hall–Kier alpha value is -0.770. The molecule has 17 heavy (non-hydrogen) atoms. The van der Waals surface area contributed by atoms with E-state index in [4.69, 9.17) is 26.8 Å². The Labute approximate surface area is 108 Å². The van der Waals surface area contributed by atoms with Crippen LogP contribution in [0.1, 0.15) is 31.9 Å². The number of nitrogens with two attached hydrogens (primary N) is 1. The van der Waals surface area contributed by atoms with Crippen LogP contribution in [0, 0.1) is 0 Å². The SMILES string of the molecule is COCCC(C)Oc1ccc([C@H](C)N)cc1Cl. The van der Waals surface area contributed by atoms with Crippen molar-refractivity contribution in [2.24, 2.45) is 5.73 Å². The van der Waals surface area contributed by atoms with Crippen molar-refractivity contribution in [3.8, 4) is 5.75 Å². The lowest BCUT2D eigenvalue weighted by atomic mass is 10.1. The second-order valence-corrected chi connectivity index (χ2v) is 4.60. The Morgan fingerprint density at radius 1 is 1.35 bits per heavy atom. The Morgan fingerprint density at radius 2 is 2.06 bits per heavy atom. The summed E-state index contributed by atoms with van der Waals surface area (Å²) >= 11 is 6.14. The summed E-state index contributed by atoms with van der Waals surface area (Å²) in [6, 6.07) is 5.64. The standard InChI is InChI=1S/C13H20ClNO2/c1-9(6-7-16-3)17-13-5-4-11(10(2)15)8-12(13)14/h4-5,8-10H,6-7,15H2,1-3H3/t9?,10-/m0/s1. The number of halogens is 1. The number of methoxy groups -OCH3 is 1. The van der Waals surface area contributed by atoms with Gasteiger partial charge in [0.15, 0.2) is 0 Å². The lowest BCUT2D eigenvalue weighted by Crippen LogP contribution is -2.14. The van der Waals surface area contributed by atoms with Gasteiger partial charge in [-0.15, -0.1) is 0 Å². The first-order valence-electron chi connectivity index (χ1n) is 5.75. The zero-order valence-corrected chi connectivity index (χ0v) is 11.3. The minimum Gasteiger partial charge on any atom is -0.489 e. The topological polar surface area (TPSA) is 44.5 Å². The molecule has 0 amide bonds. The number of hydrogen-bond acceptors (Lipinski definition) is 3. The second-order valence-electron chi connectivity index (χ2n) is 4.19. The summed E-state index contributed by atoms with van der Waals surface area (Å²) in [5, 5.41) is 0.601. The summed E-state index contributed by atoms with van der Waals surface area (Å²) in [7, 11) is 1.68. The molecule has 96 valence electrons. The molecule has 0 aromatic heterocycles. The van der Waals surface area contributed by atoms with Crippen LogP contribution >= 0.6 is 11.6 Å². The maximum Gasteiger partial charge on any atom is 0.138 e. The summed E-state index contributed by atoms with van der Waals surface area (Å²) < 4.78 is 10.7. The lowest BCUT2D eigenvalue weighted by Gasteiger charge is -2.16. The third-order valence-electron chi connectivity index (χ3n) is 2.54. The van der Waals surface area contributed by atoms with Crippen LogP contribution in [-0.4, -0.2) is 19.8 Å². The highest BCUT2D eigenvalue weighted by Crippen LogP contribution is 2.28. The second kappa shape index (κ2) is 6.84. The van der Waals surface area contributed by atoms with Crippen molar-refractivity contribution >= 4 is 11.6 Å². The van der Waals surface area contributed by atoms with Gasteiger partial charge in [-0.05, 0) is 31.5 Å². The third kappa shape index (κ3) is 4.54. The summed E-state index contributed by atoms with van der Waals surface area (Å²) in [6.45, 7) is 4.60. The molecule has 1 rings (SSSR count). The van der Waals surface area contributed by atoms with Gasteiger partial charge < -0.3 is 15.2 Å². The van der Waals surface area contributed by atoms with E-state index in [1.807, 2.05) is 32.0 Å². The Balaban J connectivity index is 2.65. The molecule has 2 N–H and O–H groups in total. The van der Waals surface area contributed by atoms with Crippen LogP contribution in [-0.2, 0) is 4.74 Å². The van der Waals surface area contributed by atoms with E-state index in [9.17, 15) is 0 Å². The number of ether oxygens (including phenoxy) is 2. The zero-order valence-electron chi connectivity index (χ0n) is 10.6. The summed E-state index contributed by atoms with van der Waals surface area (Å²) in [5.41, 5.74) is 6.79.